The van der Waals surface area contributed by atoms with Crippen molar-refractivity contribution in [2.24, 2.45) is 5.92 Å². The molecule has 1 aliphatic rings. The van der Waals surface area contributed by atoms with Crippen LogP contribution in [0.5, 0.6) is 5.75 Å². The molecule has 2 aromatic heterocycles. The Morgan fingerprint density at radius 1 is 1.25 bits per heavy atom. The van der Waals surface area contributed by atoms with Gasteiger partial charge in [0.15, 0.2) is 5.82 Å². The number of halogens is 1. The Hall–Kier alpha value is -2.27. The third kappa shape index (κ3) is 3.17. The molecule has 124 valence electrons. The number of H-pyrrole nitrogens is 1. The van der Waals surface area contributed by atoms with E-state index >= 15 is 0 Å². The highest BCUT2D eigenvalue weighted by Crippen LogP contribution is 2.32. The summed E-state index contributed by atoms with van der Waals surface area (Å²) in [5.74, 6) is 2.08. The van der Waals surface area contributed by atoms with Gasteiger partial charge in [-0.05, 0) is 49.1 Å². The van der Waals surface area contributed by atoms with Gasteiger partial charge in [-0.15, -0.1) is 0 Å². The van der Waals surface area contributed by atoms with E-state index in [0.717, 1.165) is 29.1 Å². The van der Waals surface area contributed by atoms with E-state index in [2.05, 4.69) is 20.5 Å². The maximum Gasteiger partial charge on any atom is 0.178 e. The summed E-state index contributed by atoms with van der Waals surface area (Å²) in [6.07, 6.45) is 6.90. The van der Waals surface area contributed by atoms with Crippen LogP contribution >= 0.6 is 11.6 Å². The van der Waals surface area contributed by atoms with E-state index in [1.165, 1.54) is 25.7 Å². The van der Waals surface area contributed by atoms with Crippen molar-refractivity contribution < 1.29 is 4.74 Å². The van der Waals surface area contributed by atoms with Crippen LogP contribution < -0.4 is 10.1 Å². The van der Waals surface area contributed by atoms with Gasteiger partial charge >= 0.3 is 0 Å². The topological polar surface area (TPSA) is 62.8 Å². The first-order valence-electron chi connectivity index (χ1n) is 8.28. The van der Waals surface area contributed by atoms with E-state index in [1.54, 1.807) is 6.20 Å². The van der Waals surface area contributed by atoms with Crippen molar-refractivity contribution in [3.63, 3.8) is 0 Å². The molecule has 4 rings (SSSR count). The predicted molar refractivity (Wildman–Crippen MR) is 96.1 cm³/mol. The number of benzene rings is 1. The molecule has 3 aromatic rings. The summed E-state index contributed by atoms with van der Waals surface area (Å²) in [6, 6.07) is 9.52. The van der Waals surface area contributed by atoms with Crippen molar-refractivity contribution in [2.45, 2.75) is 25.7 Å². The summed E-state index contributed by atoms with van der Waals surface area (Å²) < 4.78 is 5.89. The van der Waals surface area contributed by atoms with Gasteiger partial charge in [-0.3, -0.25) is 10.1 Å². The van der Waals surface area contributed by atoms with E-state index in [1.807, 2.05) is 30.3 Å². The van der Waals surface area contributed by atoms with E-state index in [4.69, 9.17) is 16.3 Å². The summed E-state index contributed by atoms with van der Waals surface area (Å²) >= 11 is 6.36. The number of hydrogen-bond acceptors (Lipinski definition) is 4. The minimum atomic E-state index is 0.603. The number of nitrogens with one attached hydrogen (secondary N) is 2. The molecule has 2 heterocycles. The average molecular weight is 343 g/mol. The molecule has 1 saturated carbocycles. The van der Waals surface area contributed by atoms with E-state index in [-0.39, 0.29) is 0 Å². The van der Waals surface area contributed by atoms with Gasteiger partial charge in [0.05, 0.1) is 17.1 Å². The van der Waals surface area contributed by atoms with Crippen LogP contribution in [0.15, 0.2) is 36.5 Å². The quantitative estimate of drug-likeness (QED) is 0.690. The lowest BCUT2D eigenvalue weighted by Gasteiger charge is -2.13. The van der Waals surface area contributed by atoms with Gasteiger partial charge in [-0.25, -0.2) is 0 Å². The zero-order valence-electron chi connectivity index (χ0n) is 13.3. The van der Waals surface area contributed by atoms with Crippen molar-refractivity contribution in [3.8, 4) is 5.75 Å². The second kappa shape index (κ2) is 6.69. The molecule has 6 heteroatoms. The molecular formula is C18H19ClN4O. The lowest BCUT2D eigenvalue weighted by atomic mass is 10.1. The number of fused-ring (bicyclic) bond motifs is 1. The molecule has 0 saturated heterocycles. The second-order valence-electron chi connectivity index (χ2n) is 6.20. The van der Waals surface area contributed by atoms with Gasteiger partial charge < -0.3 is 10.1 Å². The first-order chi connectivity index (χ1) is 11.8. The van der Waals surface area contributed by atoms with Gasteiger partial charge in [-0.2, -0.15) is 5.10 Å². The Bertz CT molecular complexity index is 842. The van der Waals surface area contributed by atoms with Crippen molar-refractivity contribution in [1.29, 1.82) is 0 Å². The van der Waals surface area contributed by atoms with Crippen LogP contribution in [0, 0.1) is 5.92 Å². The average Bonchev–Trinajstić information content (AvgIpc) is 3.25. The molecule has 0 atom stereocenters. The van der Waals surface area contributed by atoms with Crippen molar-refractivity contribution >= 4 is 34.1 Å². The molecular weight excluding hydrogens is 324 g/mol. The molecule has 1 aliphatic carbocycles. The number of nitrogens with zero attached hydrogens (tertiary/aromatic N) is 2. The van der Waals surface area contributed by atoms with Crippen LogP contribution in [0.2, 0.25) is 5.02 Å². The summed E-state index contributed by atoms with van der Waals surface area (Å²) in [7, 11) is 0. The first-order valence-corrected chi connectivity index (χ1v) is 8.66. The van der Waals surface area contributed by atoms with Gasteiger partial charge in [0, 0.05) is 11.9 Å². The van der Waals surface area contributed by atoms with Crippen LogP contribution in [0.3, 0.4) is 0 Å². The molecule has 1 fully saturated rings. The molecule has 0 amide bonds. The summed E-state index contributed by atoms with van der Waals surface area (Å²) in [5, 5.41) is 11.1. The van der Waals surface area contributed by atoms with Crippen LogP contribution in [0.4, 0.5) is 11.5 Å². The Balaban J connectivity index is 1.47. The maximum absolute atomic E-state index is 6.36. The highest BCUT2D eigenvalue weighted by atomic mass is 35.5. The Morgan fingerprint density at radius 3 is 2.96 bits per heavy atom. The Labute approximate surface area is 145 Å². The van der Waals surface area contributed by atoms with Crippen LogP contribution in [-0.2, 0) is 0 Å². The molecule has 2 N–H and O–H groups in total. The molecule has 5 nitrogen and oxygen atoms in total. The molecule has 0 unspecified atom stereocenters. The van der Waals surface area contributed by atoms with Crippen molar-refractivity contribution in [3.05, 3.63) is 41.6 Å². The largest absolute Gasteiger partial charge is 0.492 e. The molecule has 24 heavy (non-hydrogen) atoms. The molecule has 0 bridgehead atoms. The van der Waals surface area contributed by atoms with Gasteiger partial charge in [0.25, 0.3) is 0 Å². The van der Waals surface area contributed by atoms with Crippen LogP contribution in [-0.4, -0.2) is 21.8 Å². The Morgan fingerprint density at radius 2 is 2.12 bits per heavy atom. The van der Waals surface area contributed by atoms with Gasteiger partial charge in [0.1, 0.15) is 11.3 Å². The predicted octanol–water partition coefficient (Wildman–Crippen LogP) is 4.92. The summed E-state index contributed by atoms with van der Waals surface area (Å²) in [5.41, 5.74) is 2.55. The molecule has 0 spiro atoms. The van der Waals surface area contributed by atoms with Gasteiger partial charge in [0.2, 0.25) is 0 Å². The lowest BCUT2D eigenvalue weighted by Crippen LogP contribution is -2.08. The fourth-order valence-corrected chi connectivity index (χ4v) is 3.39. The third-order valence-electron chi connectivity index (χ3n) is 4.46. The van der Waals surface area contributed by atoms with E-state index in [9.17, 15) is 0 Å². The normalized spacial score (nSPS) is 15.0. The van der Waals surface area contributed by atoms with E-state index < -0.39 is 0 Å². The molecule has 0 radical (unpaired) electrons. The second-order valence-corrected chi connectivity index (χ2v) is 6.61. The number of ether oxygens (including phenoxy) is 1. The minimum absolute atomic E-state index is 0.603. The highest BCUT2D eigenvalue weighted by Gasteiger charge is 2.16. The molecule has 0 aliphatic heterocycles. The van der Waals surface area contributed by atoms with Crippen molar-refractivity contribution in [1.82, 2.24) is 15.2 Å². The number of aromatic amines is 1. The summed E-state index contributed by atoms with van der Waals surface area (Å²) in [4.78, 5) is 4.34. The number of hydrogen-bond donors (Lipinski definition) is 2. The number of pyridine rings is 1. The molecule has 1 aromatic carbocycles. The van der Waals surface area contributed by atoms with E-state index in [0.29, 0.717) is 16.8 Å². The zero-order chi connectivity index (χ0) is 16.4. The fraction of sp³-hybridized carbons (Fsp3) is 0.333. The standard InChI is InChI=1S/C18H19ClN4O/c19-14-10-13(7-8-16(14)24-11-12-4-1-2-5-12)21-18-17-15(22-23-18)6-3-9-20-17/h3,6-10,12H,1-2,4-5,11H2,(H2,21,22,23). The first kappa shape index (κ1) is 15.3. The number of anilines is 2. The lowest BCUT2D eigenvalue weighted by molar-refractivity contribution is 0.252. The zero-order valence-corrected chi connectivity index (χ0v) is 14.0. The Kier molecular flexibility index (Phi) is 4.26. The SMILES string of the molecule is Clc1cc(Nc2n[nH]c3cccnc23)ccc1OCC1CCCC1. The maximum atomic E-state index is 6.36. The monoisotopic (exact) mass is 342 g/mol. The van der Waals surface area contributed by atoms with Gasteiger partial charge in [-0.1, -0.05) is 24.4 Å². The number of aromatic nitrogens is 3. The highest BCUT2D eigenvalue weighted by molar-refractivity contribution is 6.32. The van der Waals surface area contributed by atoms with Crippen LogP contribution in [0.25, 0.3) is 11.0 Å². The third-order valence-corrected chi connectivity index (χ3v) is 4.76. The minimum Gasteiger partial charge on any atom is -0.492 e. The van der Waals surface area contributed by atoms with Crippen molar-refractivity contribution in [2.75, 3.05) is 11.9 Å². The van der Waals surface area contributed by atoms with Crippen LogP contribution in [0.1, 0.15) is 25.7 Å². The summed E-state index contributed by atoms with van der Waals surface area (Å²) in [6.45, 7) is 0.750. The fourth-order valence-electron chi connectivity index (χ4n) is 3.16. The smallest absolute Gasteiger partial charge is 0.178 e. The number of rotatable bonds is 5.